The molecule has 1 aliphatic heterocycles. The Hall–Kier alpha value is -0.980. The number of anilines is 1. The van der Waals surface area contributed by atoms with Gasteiger partial charge < -0.3 is 4.90 Å². The van der Waals surface area contributed by atoms with Crippen LogP contribution in [-0.4, -0.2) is 11.1 Å². The Labute approximate surface area is 106 Å². The standard InChI is InChI=1S/C16H25N/c1-13-9-6-7-10-14(13)17-15(2,3)11-8-12-16(17,4)5/h6-7,9-10H,8,11-12H2,1-5H3. The molecule has 0 amide bonds. The molecule has 94 valence electrons. The maximum absolute atomic E-state index is 2.64. The van der Waals surface area contributed by atoms with E-state index in [4.69, 9.17) is 0 Å². The molecule has 1 fully saturated rings. The number of para-hydroxylation sites is 1. The second-order valence-corrected chi connectivity index (χ2v) is 6.60. The van der Waals surface area contributed by atoms with Crippen LogP contribution >= 0.6 is 0 Å². The highest BCUT2D eigenvalue weighted by atomic mass is 15.3. The van der Waals surface area contributed by atoms with Crippen LogP contribution in [0.2, 0.25) is 0 Å². The van der Waals surface area contributed by atoms with Gasteiger partial charge in [0.1, 0.15) is 0 Å². The molecule has 0 aliphatic carbocycles. The van der Waals surface area contributed by atoms with E-state index in [0.717, 1.165) is 0 Å². The van der Waals surface area contributed by atoms with Crippen molar-refractivity contribution in [3.8, 4) is 0 Å². The first-order valence-corrected chi connectivity index (χ1v) is 6.71. The molecule has 0 atom stereocenters. The smallest absolute Gasteiger partial charge is 0.0404 e. The molecule has 1 heteroatoms. The second kappa shape index (κ2) is 4.04. The van der Waals surface area contributed by atoms with Crippen molar-refractivity contribution in [1.82, 2.24) is 0 Å². The molecule has 0 unspecified atom stereocenters. The van der Waals surface area contributed by atoms with Crippen LogP contribution in [0.25, 0.3) is 0 Å². The van der Waals surface area contributed by atoms with Gasteiger partial charge in [-0.05, 0) is 65.5 Å². The lowest BCUT2D eigenvalue weighted by atomic mass is 9.79. The molecule has 0 aromatic heterocycles. The molecule has 0 radical (unpaired) electrons. The lowest BCUT2D eigenvalue weighted by Crippen LogP contribution is -2.59. The van der Waals surface area contributed by atoms with Gasteiger partial charge in [0.2, 0.25) is 0 Å². The number of hydrogen-bond donors (Lipinski definition) is 0. The van der Waals surface area contributed by atoms with E-state index in [0.29, 0.717) is 0 Å². The normalized spacial score (nSPS) is 22.5. The highest BCUT2D eigenvalue weighted by Crippen LogP contribution is 2.42. The average molecular weight is 231 g/mol. The molecule has 1 saturated heterocycles. The van der Waals surface area contributed by atoms with Crippen LogP contribution in [-0.2, 0) is 0 Å². The Morgan fingerprint density at radius 3 is 2.00 bits per heavy atom. The van der Waals surface area contributed by atoms with Crippen molar-refractivity contribution in [2.45, 2.75) is 65.0 Å². The molecule has 0 spiro atoms. The van der Waals surface area contributed by atoms with Gasteiger partial charge in [-0.1, -0.05) is 18.2 Å². The number of aryl methyl sites for hydroxylation is 1. The summed E-state index contributed by atoms with van der Waals surface area (Å²) in [5.74, 6) is 0. The highest BCUT2D eigenvalue weighted by Gasteiger charge is 2.41. The number of benzene rings is 1. The largest absolute Gasteiger partial charge is 0.361 e. The molecule has 0 saturated carbocycles. The minimum absolute atomic E-state index is 0.258. The Balaban J connectivity index is 2.49. The Bertz CT molecular complexity index is 388. The van der Waals surface area contributed by atoms with Crippen molar-refractivity contribution in [2.75, 3.05) is 4.90 Å². The van der Waals surface area contributed by atoms with Crippen molar-refractivity contribution >= 4 is 5.69 Å². The van der Waals surface area contributed by atoms with Crippen LogP contribution < -0.4 is 4.90 Å². The van der Waals surface area contributed by atoms with Crippen LogP contribution in [0.3, 0.4) is 0 Å². The molecular weight excluding hydrogens is 206 g/mol. The van der Waals surface area contributed by atoms with Gasteiger partial charge in [0.05, 0.1) is 0 Å². The zero-order chi connectivity index (χ0) is 12.7. The first kappa shape index (κ1) is 12.5. The van der Waals surface area contributed by atoms with Gasteiger partial charge in [-0.2, -0.15) is 0 Å². The number of nitrogens with zero attached hydrogens (tertiary/aromatic N) is 1. The van der Waals surface area contributed by atoms with E-state index >= 15 is 0 Å². The number of hydrogen-bond acceptors (Lipinski definition) is 1. The van der Waals surface area contributed by atoms with Crippen LogP contribution in [0.15, 0.2) is 24.3 Å². The summed E-state index contributed by atoms with van der Waals surface area (Å²) in [5, 5.41) is 0. The molecule has 0 N–H and O–H groups in total. The van der Waals surface area contributed by atoms with Gasteiger partial charge in [-0.3, -0.25) is 0 Å². The molecule has 1 aromatic carbocycles. The summed E-state index contributed by atoms with van der Waals surface area (Å²) in [5.41, 5.74) is 3.31. The van der Waals surface area contributed by atoms with Gasteiger partial charge >= 0.3 is 0 Å². The monoisotopic (exact) mass is 231 g/mol. The first-order valence-electron chi connectivity index (χ1n) is 6.71. The van der Waals surface area contributed by atoms with Crippen LogP contribution in [0.5, 0.6) is 0 Å². The first-order chi connectivity index (χ1) is 7.84. The molecule has 2 rings (SSSR count). The van der Waals surface area contributed by atoms with Crippen molar-refractivity contribution in [2.24, 2.45) is 0 Å². The van der Waals surface area contributed by atoms with E-state index < -0.39 is 0 Å². The number of rotatable bonds is 1. The van der Waals surface area contributed by atoms with Crippen LogP contribution in [0, 0.1) is 6.92 Å². The third-order valence-electron chi connectivity index (χ3n) is 4.14. The summed E-state index contributed by atoms with van der Waals surface area (Å²) in [6.45, 7) is 11.7. The van der Waals surface area contributed by atoms with E-state index in [1.54, 1.807) is 0 Å². The topological polar surface area (TPSA) is 3.24 Å². The van der Waals surface area contributed by atoms with E-state index in [-0.39, 0.29) is 11.1 Å². The summed E-state index contributed by atoms with van der Waals surface area (Å²) < 4.78 is 0. The molecule has 1 heterocycles. The minimum Gasteiger partial charge on any atom is -0.361 e. The quantitative estimate of drug-likeness (QED) is 0.685. The van der Waals surface area contributed by atoms with Crippen LogP contribution in [0.1, 0.15) is 52.5 Å². The van der Waals surface area contributed by atoms with E-state index in [1.807, 2.05) is 0 Å². The van der Waals surface area contributed by atoms with Crippen molar-refractivity contribution < 1.29 is 0 Å². The maximum atomic E-state index is 2.64. The van der Waals surface area contributed by atoms with Gasteiger partial charge in [-0.15, -0.1) is 0 Å². The van der Waals surface area contributed by atoms with Crippen molar-refractivity contribution in [3.05, 3.63) is 29.8 Å². The second-order valence-electron chi connectivity index (χ2n) is 6.60. The van der Waals surface area contributed by atoms with Gasteiger partial charge in [0.15, 0.2) is 0 Å². The molecule has 1 aromatic rings. The van der Waals surface area contributed by atoms with Gasteiger partial charge in [-0.25, -0.2) is 0 Å². The predicted molar refractivity (Wildman–Crippen MR) is 75.7 cm³/mol. The summed E-state index contributed by atoms with van der Waals surface area (Å²) in [6, 6.07) is 8.77. The molecule has 0 bridgehead atoms. The fourth-order valence-electron chi connectivity index (χ4n) is 3.46. The minimum atomic E-state index is 0.258. The number of piperidine rings is 1. The van der Waals surface area contributed by atoms with E-state index in [1.165, 1.54) is 30.5 Å². The van der Waals surface area contributed by atoms with E-state index in [2.05, 4.69) is 63.8 Å². The SMILES string of the molecule is Cc1ccccc1N1C(C)(C)CCCC1(C)C. The Morgan fingerprint density at radius 2 is 1.47 bits per heavy atom. The summed E-state index contributed by atoms with van der Waals surface area (Å²) in [7, 11) is 0. The molecular formula is C16H25N. The lowest BCUT2D eigenvalue weighted by molar-refractivity contribution is 0.244. The highest BCUT2D eigenvalue weighted by molar-refractivity contribution is 5.57. The zero-order valence-electron chi connectivity index (χ0n) is 11.9. The average Bonchev–Trinajstić information content (AvgIpc) is 2.18. The Kier molecular flexibility index (Phi) is 2.97. The summed E-state index contributed by atoms with van der Waals surface area (Å²) in [6.07, 6.45) is 3.90. The van der Waals surface area contributed by atoms with E-state index in [9.17, 15) is 0 Å². The molecule has 1 nitrogen and oxygen atoms in total. The fraction of sp³-hybridized carbons (Fsp3) is 0.625. The molecule has 17 heavy (non-hydrogen) atoms. The summed E-state index contributed by atoms with van der Waals surface area (Å²) >= 11 is 0. The third kappa shape index (κ3) is 2.20. The van der Waals surface area contributed by atoms with Gasteiger partial charge in [0, 0.05) is 16.8 Å². The third-order valence-corrected chi connectivity index (χ3v) is 4.14. The zero-order valence-corrected chi connectivity index (χ0v) is 11.9. The van der Waals surface area contributed by atoms with Crippen molar-refractivity contribution in [1.29, 1.82) is 0 Å². The van der Waals surface area contributed by atoms with Crippen molar-refractivity contribution in [3.63, 3.8) is 0 Å². The van der Waals surface area contributed by atoms with Gasteiger partial charge in [0.25, 0.3) is 0 Å². The summed E-state index contributed by atoms with van der Waals surface area (Å²) in [4.78, 5) is 2.64. The van der Waals surface area contributed by atoms with Crippen LogP contribution in [0.4, 0.5) is 5.69 Å². The lowest BCUT2D eigenvalue weighted by Gasteiger charge is -2.55. The fourth-order valence-corrected chi connectivity index (χ4v) is 3.46. The Morgan fingerprint density at radius 1 is 0.941 bits per heavy atom. The molecule has 1 aliphatic rings. The maximum Gasteiger partial charge on any atom is 0.0404 e. The predicted octanol–water partition coefficient (Wildman–Crippen LogP) is 4.54.